The highest BCUT2D eigenvalue weighted by molar-refractivity contribution is 5.53. The molecule has 4 heteroatoms. The van der Waals surface area contributed by atoms with Gasteiger partial charge in [-0.2, -0.15) is 0 Å². The van der Waals surface area contributed by atoms with Crippen molar-refractivity contribution in [3.63, 3.8) is 0 Å². The molecule has 0 spiro atoms. The number of halogens is 1. The van der Waals surface area contributed by atoms with E-state index in [0.29, 0.717) is 25.6 Å². The molecule has 0 atom stereocenters. The summed E-state index contributed by atoms with van der Waals surface area (Å²) < 4.78 is 14.0. The van der Waals surface area contributed by atoms with Crippen LogP contribution in [0.15, 0.2) is 24.3 Å². The van der Waals surface area contributed by atoms with Gasteiger partial charge >= 0.3 is 0 Å². The number of nitrogens with zero attached hydrogens (tertiary/aromatic N) is 2. The van der Waals surface area contributed by atoms with E-state index in [9.17, 15) is 4.39 Å². The summed E-state index contributed by atoms with van der Waals surface area (Å²) in [5.74, 6) is 0. The fourth-order valence-corrected chi connectivity index (χ4v) is 3.34. The lowest BCUT2D eigenvalue weighted by Gasteiger charge is -2.50. The Morgan fingerprint density at radius 3 is 2.35 bits per heavy atom. The molecule has 2 heterocycles. The van der Waals surface area contributed by atoms with Crippen molar-refractivity contribution in [3.8, 4) is 0 Å². The summed E-state index contributed by atoms with van der Waals surface area (Å²) >= 11 is 0. The highest BCUT2D eigenvalue weighted by Gasteiger charge is 2.44. The molecule has 0 radical (unpaired) electrons. The van der Waals surface area contributed by atoms with Crippen LogP contribution in [0.1, 0.15) is 26.2 Å². The molecule has 2 aliphatic rings. The molecule has 0 saturated carbocycles. The Bertz CT molecular complexity index is 445. The van der Waals surface area contributed by atoms with Crippen LogP contribution in [0.25, 0.3) is 0 Å². The van der Waals surface area contributed by atoms with Crippen LogP contribution in [0.2, 0.25) is 0 Å². The lowest BCUT2D eigenvalue weighted by Crippen LogP contribution is -2.63. The minimum atomic E-state index is -0.909. The van der Waals surface area contributed by atoms with Crippen molar-refractivity contribution < 1.29 is 4.39 Å². The van der Waals surface area contributed by atoms with Crippen molar-refractivity contribution in [3.05, 3.63) is 24.3 Å². The van der Waals surface area contributed by atoms with Gasteiger partial charge in [-0.05, 0) is 43.5 Å². The molecule has 0 amide bonds. The number of anilines is 2. The predicted molar refractivity (Wildman–Crippen MR) is 81.8 cm³/mol. The molecule has 0 aromatic heterocycles. The van der Waals surface area contributed by atoms with E-state index >= 15 is 0 Å². The van der Waals surface area contributed by atoms with Crippen molar-refractivity contribution >= 4 is 11.4 Å². The van der Waals surface area contributed by atoms with Gasteiger partial charge in [-0.1, -0.05) is 6.92 Å². The summed E-state index contributed by atoms with van der Waals surface area (Å²) in [7, 11) is 0. The Kier molecular flexibility index (Phi) is 3.59. The second-order valence-electron chi connectivity index (χ2n) is 6.22. The first kappa shape index (κ1) is 13.7. The number of alkyl halides is 1. The highest BCUT2D eigenvalue weighted by Crippen LogP contribution is 2.33. The van der Waals surface area contributed by atoms with Gasteiger partial charge in [0, 0.05) is 43.6 Å². The summed E-state index contributed by atoms with van der Waals surface area (Å²) in [5.41, 5.74) is 6.87. The maximum absolute atomic E-state index is 14.0. The van der Waals surface area contributed by atoms with Gasteiger partial charge in [-0.3, -0.25) is 4.90 Å². The van der Waals surface area contributed by atoms with E-state index in [1.165, 1.54) is 5.69 Å². The Morgan fingerprint density at radius 2 is 1.80 bits per heavy atom. The number of piperidine rings is 1. The molecule has 2 N–H and O–H groups in total. The number of nitrogens with two attached hydrogens (primary N) is 1. The fourth-order valence-electron chi connectivity index (χ4n) is 3.34. The standard InChI is InChI=1S/C16H24FN3/c1-2-16(17)11-20(12-16)15-7-9-19(10-8-15)14-5-3-13(18)4-6-14/h3-6,15H,2,7-12,18H2,1H3. The lowest BCUT2D eigenvalue weighted by atomic mass is 9.89. The molecule has 20 heavy (non-hydrogen) atoms. The maximum Gasteiger partial charge on any atom is 0.136 e. The largest absolute Gasteiger partial charge is 0.399 e. The Hall–Kier alpha value is -1.29. The Labute approximate surface area is 120 Å². The van der Waals surface area contributed by atoms with Gasteiger partial charge in [0.2, 0.25) is 0 Å². The molecular weight excluding hydrogens is 253 g/mol. The molecule has 0 bridgehead atoms. The van der Waals surface area contributed by atoms with E-state index in [0.717, 1.165) is 31.6 Å². The predicted octanol–water partition coefficient (Wildman–Crippen LogP) is 2.67. The Morgan fingerprint density at radius 1 is 1.20 bits per heavy atom. The zero-order valence-electron chi connectivity index (χ0n) is 12.2. The average molecular weight is 277 g/mol. The Balaban J connectivity index is 1.51. The first-order valence-electron chi connectivity index (χ1n) is 7.63. The van der Waals surface area contributed by atoms with Gasteiger partial charge in [-0.15, -0.1) is 0 Å². The van der Waals surface area contributed by atoms with Crippen molar-refractivity contribution in [2.75, 3.05) is 36.8 Å². The lowest BCUT2D eigenvalue weighted by molar-refractivity contribution is -0.0638. The minimum Gasteiger partial charge on any atom is -0.399 e. The van der Waals surface area contributed by atoms with Crippen LogP contribution in [0, 0.1) is 0 Å². The molecule has 0 unspecified atom stereocenters. The zero-order valence-corrected chi connectivity index (χ0v) is 12.2. The van der Waals surface area contributed by atoms with E-state index < -0.39 is 5.67 Å². The van der Waals surface area contributed by atoms with Gasteiger partial charge in [0.25, 0.3) is 0 Å². The third kappa shape index (κ3) is 2.62. The summed E-state index contributed by atoms with van der Waals surface area (Å²) in [4.78, 5) is 4.72. The maximum atomic E-state index is 14.0. The third-order valence-electron chi connectivity index (χ3n) is 4.85. The van der Waals surface area contributed by atoms with Crippen molar-refractivity contribution in [2.24, 2.45) is 0 Å². The van der Waals surface area contributed by atoms with Crippen molar-refractivity contribution in [1.29, 1.82) is 0 Å². The molecule has 0 aliphatic carbocycles. The van der Waals surface area contributed by atoms with Crippen molar-refractivity contribution in [1.82, 2.24) is 4.90 Å². The molecular formula is C16H24FN3. The van der Waals surface area contributed by atoms with Crippen LogP contribution in [-0.2, 0) is 0 Å². The first-order valence-corrected chi connectivity index (χ1v) is 7.63. The molecule has 2 aliphatic heterocycles. The van der Waals surface area contributed by atoms with E-state index in [1.54, 1.807) is 0 Å². The molecule has 3 nitrogen and oxygen atoms in total. The second kappa shape index (κ2) is 5.24. The van der Waals surface area contributed by atoms with Gasteiger partial charge in [-0.25, -0.2) is 4.39 Å². The van der Waals surface area contributed by atoms with Gasteiger partial charge < -0.3 is 10.6 Å². The molecule has 110 valence electrons. The van der Waals surface area contributed by atoms with Gasteiger partial charge in [0.05, 0.1) is 0 Å². The number of likely N-dealkylation sites (tertiary alicyclic amines) is 1. The first-order chi connectivity index (χ1) is 9.59. The number of benzene rings is 1. The fraction of sp³-hybridized carbons (Fsp3) is 0.625. The van der Waals surface area contributed by atoms with E-state index in [4.69, 9.17) is 5.73 Å². The number of hydrogen-bond donors (Lipinski definition) is 1. The number of nitrogen functional groups attached to an aromatic ring is 1. The zero-order chi connectivity index (χ0) is 14.2. The molecule has 2 fully saturated rings. The normalized spacial score (nSPS) is 23.6. The van der Waals surface area contributed by atoms with E-state index in [-0.39, 0.29) is 0 Å². The number of rotatable bonds is 3. The molecule has 1 aromatic carbocycles. The second-order valence-corrected chi connectivity index (χ2v) is 6.22. The highest BCUT2D eigenvalue weighted by atomic mass is 19.1. The molecule has 3 rings (SSSR count). The van der Waals surface area contributed by atoms with Crippen LogP contribution in [0.3, 0.4) is 0 Å². The van der Waals surface area contributed by atoms with Gasteiger partial charge in [0.1, 0.15) is 5.67 Å². The topological polar surface area (TPSA) is 32.5 Å². The van der Waals surface area contributed by atoms with Crippen LogP contribution in [-0.4, -0.2) is 42.8 Å². The van der Waals surface area contributed by atoms with Crippen LogP contribution < -0.4 is 10.6 Å². The molecule has 2 saturated heterocycles. The summed E-state index contributed by atoms with van der Waals surface area (Å²) in [5, 5.41) is 0. The summed E-state index contributed by atoms with van der Waals surface area (Å²) in [6, 6.07) is 8.65. The van der Waals surface area contributed by atoms with Gasteiger partial charge in [0.15, 0.2) is 0 Å². The third-order valence-corrected chi connectivity index (χ3v) is 4.85. The van der Waals surface area contributed by atoms with Crippen LogP contribution in [0.4, 0.5) is 15.8 Å². The SMILES string of the molecule is CCC1(F)CN(C2CCN(c3ccc(N)cc3)CC2)C1. The number of hydrogen-bond acceptors (Lipinski definition) is 3. The quantitative estimate of drug-likeness (QED) is 0.862. The minimum absolute atomic E-state index is 0.565. The monoisotopic (exact) mass is 277 g/mol. The van der Waals surface area contributed by atoms with Crippen LogP contribution in [0.5, 0.6) is 0 Å². The summed E-state index contributed by atoms with van der Waals surface area (Å²) in [6.07, 6.45) is 2.90. The van der Waals surface area contributed by atoms with E-state index in [2.05, 4.69) is 21.9 Å². The summed E-state index contributed by atoms with van der Waals surface area (Å²) in [6.45, 7) is 5.32. The average Bonchev–Trinajstić information content (AvgIpc) is 2.45. The van der Waals surface area contributed by atoms with Crippen molar-refractivity contribution in [2.45, 2.75) is 37.9 Å². The van der Waals surface area contributed by atoms with E-state index in [1.807, 2.05) is 19.1 Å². The van der Waals surface area contributed by atoms with Crippen LogP contribution >= 0.6 is 0 Å². The smallest absolute Gasteiger partial charge is 0.136 e. The molecule has 1 aromatic rings.